The van der Waals surface area contributed by atoms with Crippen molar-refractivity contribution in [3.63, 3.8) is 0 Å². The molecule has 1 fully saturated rings. The Bertz CT molecular complexity index is 381. The fourth-order valence-corrected chi connectivity index (χ4v) is 2.49. The molecule has 1 saturated carbocycles. The molecule has 1 aromatic heterocycles. The standard InChI is InChI=1S/C9H15N3O2S/c1-6(13)4-5-15-9-11-10-8(14)12(9)7-2-3-7/h6-7,13H,2-5H2,1H3,(H,10,14). The third kappa shape index (κ3) is 2.63. The number of nitrogens with zero attached hydrogens (tertiary/aromatic N) is 2. The summed E-state index contributed by atoms with van der Waals surface area (Å²) in [5.74, 6) is 0.786. The molecule has 84 valence electrons. The van der Waals surface area contributed by atoms with Gasteiger partial charge in [-0.05, 0) is 26.2 Å². The van der Waals surface area contributed by atoms with Crippen LogP contribution >= 0.6 is 11.8 Å². The highest BCUT2D eigenvalue weighted by molar-refractivity contribution is 7.99. The monoisotopic (exact) mass is 229 g/mol. The smallest absolute Gasteiger partial charge is 0.344 e. The number of aromatic amines is 1. The van der Waals surface area contributed by atoms with E-state index in [0.717, 1.165) is 30.2 Å². The molecule has 0 aliphatic heterocycles. The van der Waals surface area contributed by atoms with Crippen molar-refractivity contribution in [1.29, 1.82) is 0 Å². The van der Waals surface area contributed by atoms with Crippen LogP contribution in [0.1, 0.15) is 32.2 Å². The Morgan fingerprint density at radius 2 is 2.47 bits per heavy atom. The van der Waals surface area contributed by atoms with Gasteiger partial charge in [0.2, 0.25) is 0 Å². The van der Waals surface area contributed by atoms with E-state index in [9.17, 15) is 4.79 Å². The van der Waals surface area contributed by atoms with Crippen LogP contribution in [0.2, 0.25) is 0 Å². The van der Waals surface area contributed by atoms with Crippen LogP contribution in [0.5, 0.6) is 0 Å². The molecular weight excluding hydrogens is 214 g/mol. The molecule has 1 aromatic rings. The minimum absolute atomic E-state index is 0.114. The molecule has 2 N–H and O–H groups in total. The summed E-state index contributed by atoms with van der Waals surface area (Å²) >= 11 is 1.53. The number of nitrogens with one attached hydrogen (secondary N) is 1. The van der Waals surface area contributed by atoms with E-state index in [-0.39, 0.29) is 11.8 Å². The molecule has 6 heteroatoms. The van der Waals surface area contributed by atoms with Crippen LogP contribution in [0.3, 0.4) is 0 Å². The summed E-state index contributed by atoms with van der Waals surface area (Å²) in [4.78, 5) is 11.4. The lowest BCUT2D eigenvalue weighted by molar-refractivity contribution is 0.192. The van der Waals surface area contributed by atoms with E-state index < -0.39 is 0 Å². The first-order valence-electron chi connectivity index (χ1n) is 5.16. The molecule has 0 amide bonds. The zero-order chi connectivity index (χ0) is 10.8. The molecule has 0 spiro atoms. The summed E-state index contributed by atoms with van der Waals surface area (Å²) in [6.07, 6.45) is 2.57. The van der Waals surface area contributed by atoms with Crippen molar-refractivity contribution in [3.05, 3.63) is 10.5 Å². The molecule has 1 atom stereocenters. The molecule has 5 nitrogen and oxygen atoms in total. The second-order valence-corrected chi connectivity index (χ2v) is 4.96. The Balaban J connectivity index is 1.98. The maximum absolute atomic E-state index is 11.4. The van der Waals surface area contributed by atoms with Crippen molar-refractivity contribution < 1.29 is 5.11 Å². The molecule has 0 bridgehead atoms. The Morgan fingerprint density at radius 1 is 1.73 bits per heavy atom. The zero-order valence-corrected chi connectivity index (χ0v) is 9.46. The third-order valence-electron chi connectivity index (χ3n) is 2.35. The zero-order valence-electron chi connectivity index (χ0n) is 8.64. The maximum Gasteiger partial charge on any atom is 0.344 e. The SMILES string of the molecule is CC(O)CCSc1n[nH]c(=O)n1C1CC1. The van der Waals surface area contributed by atoms with Gasteiger partial charge in [0.25, 0.3) is 0 Å². The van der Waals surface area contributed by atoms with Crippen LogP contribution in [-0.2, 0) is 0 Å². The fourth-order valence-electron chi connectivity index (χ4n) is 1.37. The number of thioether (sulfide) groups is 1. The average Bonchev–Trinajstić information content (AvgIpc) is 2.92. The number of aliphatic hydroxyl groups excluding tert-OH is 1. The summed E-state index contributed by atoms with van der Waals surface area (Å²) in [6.45, 7) is 1.76. The summed E-state index contributed by atoms with van der Waals surface area (Å²) in [6, 6.07) is 0.352. The first-order chi connectivity index (χ1) is 7.18. The van der Waals surface area contributed by atoms with E-state index in [1.54, 1.807) is 11.5 Å². The minimum atomic E-state index is -0.294. The van der Waals surface area contributed by atoms with Gasteiger partial charge in [0.1, 0.15) is 0 Å². The molecule has 1 unspecified atom stereocenters. The molecule has 1 aliphatic carbocycles. The topological polar surface area (TPSA) is 70.9 Å². The van der Waals surface area contributed by atoms with Gasteiger partial charge in [-0.15, -0.1) is 5.10 Å². The number of hydrogen-bond acceptors (Lipinski definition) is 4. The van der Waals surface area contributed by atoms with Crippen molar-refractivity contribution in [2.75, 3.05) is 5.75 Å². The summed E-state index contributed by atoms with van der Waals surface area (Å²) in [5, 5.41) is 16.3. The Hall–Kier alpha value is -0.750. The van der Waals surface area contributed by atoms with Crippen LogP contribution in [-0.4, -0.2) is 31.7 Å². The summed E-state index contributed by atoms with van der Waals surface area (Å²) in [5.41, 5.74) is -0.114. The minimum Gasteiger partial charge on any atom is -0.393 e. The normalized spacial score (nSPS) is 18.0. The lowest BCUT2D eigenvalue weighted by Crippen LogP contribution is -2.16. The van der Waals surface area contributed by atoms with Crippen molar-refractivity contribution in [3.8, 4) is 0 Å². The third-order valence-corrected chi connectivity index (χ3v) is 3.34. The molecular formula is C9H15N3O2S. The first-order valence-corrected chi connectivity index (χ1v) is 6.15. The van der Waals surface area contributed by atoms with Gasteiger partial charge in [0, 0.05) is 11.8 Å². The van der Waals surface area contributed by atoms with Crippen molar-refractivity contribution in [2.45, 2.75) is 43.5 Å². The van der Waals surface area contributed by atoms with E-state index in [2.05, 4.69) is 10.2 Å². The van der Waals surface area contributed by atoms with E-state index in [1.807, 2.05) is 0 Å². The number of H-pyrrole nitrogens is 1. The van der Waals surface area contributed by atoms with Gasteiger partial charge >= 0.3 is 5.69 Å². The summed E-state index contributed by atoms with van der Waals surface area (Å²) in [7, 11) is 0. The largest absolute Gasteiger partial charge is 0.393 e. The predicted octanol–water partition coefficient (Wildman–Crippen LogP) is 0.769. The van der Waals surface area contributed by atoms with Crippen molar-refractivity contribution >= 4 is 11.8 Å². The van der Waals surface area contributed by atoms with Gasteiger partial charge in [-0.3, -0.25) is 4.57 Å². The van der Waals surface area contributed by atoms with E-state index in [1.165, 1.54) is 11.8 Å². The van der Waals surface area contributed by atoms with Gasteiger partial charge in [0.15, 0.2) is 5.16 Å². The lowest BCUT2D eigenvalue weighted by Gasteiger charge is -2.04. The van der Waals surface area contributed by atoms with Gasteiger partial charge in [-0.25, -0.2) is 9.89 Å². The Kier molecular flexibility index (Phi) is 3.16. The molecule has 1 aliphatic rings. The number of hydrogen-bond donors (Lipinski definition) is 2. The van der Waals surface area contributed by atoms with Crippen LogP contribution in [0.15, 0.2) is 9.95 Å². The highest BCUT2D eigenvalue weighted by Crippen LogP contribution is 2.36. The second kappa shape index (κ2) is 4.40. The van der Waals surface area contributed by atoms with Gasteiger partial charge in [0.05, 0.1) is 6.10 Å². The van der Waals surface area contributed by atoms with Gasteiger partial charge in [-0.2, -0.15) is 0 Å². The lowest BCUT2D eigenvalue weighted by atomic mass is 10.3. The van der Waals surface area contributed by atoms with Crippen LogP contribution in [0.25, 0.3) is 0 Å². The van der Waals surface area contributed by atoms with Crippen LogP contribution in [0, 0.1) is 0 Å². The van der Waals surface area contributed by atoms with Crippen molar-refractivity contribution in [1.82, 2.24) is 14.8 Å². The maximum atomic E-state index is 11.4. The van der Waals surface area contributed by atoms with Gasteiger partial charge < -0.3 is 5.11 Å². The number of rotatable bonds is 5. The second-order valence-electron chi connectivity index (χ2n) is 3.90. The quantitative estimate of drug-likeness (QED) is 0.732. The molecule has 2 rings (SSSR count). The molecule has 0 radical (unpaired) electrons. The van der Waals surface area contributed by atoms with Crippen LogP contribution in [0.4, 0.5) is 0 Å². The fraction of sp³-hybridized carbons (Fsp3) is 0.778. The van der Waals surface area contributed by atoms with E-state index >= 15 is 0 Å². The molecule has 1 heterocycles. The van der Waals surface area contributed by atoms with Crippen molar-refractivity contribution in [2.24, 2.45) is 0 Å². The first kappa shape index (κ1) is 10.8. The highest BCUT2D eigenvalue weighted by atomic mass is 32.2. The number of aromatic nitrogens is 3. The van der Waals surface area contributed by atoms with Crippen LogP contribution < -0.4 is 5.69 Å². The predicted molar refractivity (Wildman–Crippen MR) is 58.1 cm³/mol. The number of aliphatic hydroxyl groups is 1. The molecule has 15 heavy (non-hydrogen) atoms. The van der Waals surface area contributed by atoms with E-state index in [0.29, 0.717) is 6.04 Å². The highest BCUT2D eigenvalue weighted by Gasteiger charge is 2.28. The molecule has 0 aromatic carbocycles. The molecule has 0 saturated heterocycles. The van der Waals surface area contributed by atoms with Gasteiger partial charge in [-0.1, -0.05) is 11.8 Å². The Morgan fingerprint density at radius 3 is 3.07 bits per heavy atom. The Labute approximate surface area is 91.9 Å². The van der Waals surface area contributed by atoms with E-state index in [4.69, 9.17) is 5.11 Å². The average molecular weight is 229 g/mol. The summed E-state index contributed by atoms with van der Waals surface area (Å²) < 4.78 is 1.73.